The minimum absolute atomic E-state index is 0.0101. The Morgan fingerprint density at radius 1 is 1.13 bits per heavy atom. The van der Waals surface area contributed by atoms with Crippen LogP contribution < -0.4 is 5.32 Å². The van der Waals surface area contributed by atoms with Crippen LogP contribution in [-0.4, -0.2) is 40.8 Å². The molecule has 0 fully saturated rings. The van der Waals surface area contributed by atoms with E-state index in [-0.39, 0.29) is 12.1 Å². The summed E-state index contributed by atoms with van der Waals surface area (Å²) >= 11 is 6.36. The minimum Gasteiger partial charge on any atom is -0.383 e. The third kappa shape index (κ3) is 3.68. The zero-order valence-electron chi connectivity index (χ0n) is 17.4. The summed E-state index contributed by atoms with van der Waals surface area (Å²) in [5.41, 5.74) is 5.39. The van der Waals surface area contributed by atoms with Crippen LogP contribution in [0.3, 0.4) is 0 Å². The highest BCUT2D eigenvalue weighted by Crippen LogP contribution is 2.35. The number of aryl methyl sites for hydroxylation is 1. The van der Waals surface area contributed by atoms with Gasteiger partial charge in [0, 0.05) is 35.6 Å². The second-order valence-corrected chi connectivity index (χ2v) is 7.82. The molecule has 1 atom stereocenters. The number of fused-ring (bicyclic) bond motifs is 1. The standard InChI is InChI=1S/C23H25ClN4O2/c1-15-21(16(2)28(26-15)14-17-8-4-6-10-19(17)24)22-25-20-11-7-5-9-18(20)23(29)27(22)12-13-30-3/h4-11,22,25H,12-14H2,1-3H3. The molecule has 7 heteroatoms. The molecule has 1 N–H and O–H groups in total. The number of anilines is 1. The SMILES string of the molecule is COCCN1C(=O)c2ccccc2NC1c1c(C)nn(Cc2ccccc2Cl)c1C. The van der Waals surface area contributed by atoms with E-state index in [1.807, 2.05) is 72.0 Å². The lowest BCUT2D eigenvalue weighted by molar-refractivity contribution is 0.0608. The molecule has 2 heterocycles. The molecule has 1 amide bonds. The van der Waals surface area contributed by atoms with Gasteiger partial charge >= 0.3 is 0 Å². The lowest BCUT2D eigenvalue weighted by atomic mass is 10.0. The average molecular weight is 425 g/mol. The average Bonchev–Trinajstić information content (AvgIpc) is 3.02. The summed E-state index contributed by atoms with van der Waals surface area (Å²) in [7, 11) is 1.64. The Hall–Kier alpha value is -2.83. The van der Waals surface area contributed by atoms with E-state index < -0.39 is 0 Å². The molecule has 6 nitrogen and oxygen atoms in total. The molecule has 0 saturated carbocycles. The van der Waals surface area contributed by atoms with E-state index in [1.54, 1.807) is 7.11 Å². The molecule has 0 saturated heterocycles. The van der Waals surface area contributed by atoms with E-state index in [4.69, 9.17) is 21.4 Å². The number of halogens is 1. The normalized spacial score (nSPS) is 15.8. The molecule has 0 spiro atoms. The second-order valence-electron chi connectivity index (χ2n) is 7.42. The maximum absolute atomic E-state index is 13.3. The first-order chi connectivity index (χ1) is 14.5. The fraction of sp³-hybridized carbons (Fsp3) is 0.304. The highest BCUT2D eigenvalue weighted by molar-refractivity contribution is 6.31. The van der Waals surface area contributed by atoms with Crippen molar-refractivity contribution in [3.8, 4) is 0 Å². The van der Waals surface area contributed by atoms with Gasteiger partial charge in [-0.3, -0.25) is 9.48 Å². The summed E-state index contributed by atoms with van der Waals surface area (Å²) < 4.78 is 7.22. The maximum atomic E-state index is 13.3. The number of methoxy groups -OCH3 is 1. The van der Waals surface area contributed by atoms with Crippen LogP contribution in [0.5, 0.6) is 0 Å². The first-order valence-corrected chi connectivity index (χ1v) is 10.3. The number of aromatic nitrogens is 2. The summed E-state index contributed by atoms with van der Waals surface area (Å²) in [5.74, 6) is -0.0101. The number of benzene rings is 2. The van der Waals surface area contributed by atoms with Crippen LogP contribution in [-0.2, 0) is 11.3 Å². The Morgan fingerprint density at radius 3 is 2.63 bits per heavy atom. The summed E-state index contributed by atoms with van der Waals surface area (Å²) in [6.45, 7) is 5.52. The van der Waals surface area contributed by atoms with E-state index in [0.717, 1.165) is 28.2 Å². The van der Waals surface area contributed by atoms with Crippen LogP contribution in [0.25, 0.3) is 0 Å². The van der Waals surface area contributed by atoms with Gasteiger partial charge in [-0.15, -0.1) is 0 Å². The first kappa shape index (κ1) is 20.4. The van der Waals surface area contributed by atoms with Gasteiger partial charge in [0.25, 0.3) is 5.91 Å². The number of hydrogen-bond acceptors (Lipinski definition) is 4. The number of rotatable bonds is 6. The van der Waals surface area contributed by atoms with Crippen molar-refractivity contribution in [1.82, 2.24) is 14.7 Å². The number of nitrogens with one attached hydrogen (secondary N) is 1. The number of hydrogen-bond donors (Lipinski definition) is 1. The molecule has 1 aromatic heterocycles. The monoisotopic (exact) mass is 424 g/mol. The molecule has 2 aromatic carbocycles. The summed E-state index contributed by atoms with van der Waals surface area (Å²) in [6.07, 6.45) is -0.317. The van der Waals surface area contributed by atoms with Crippen molar-refractivity contribution in [1.29, 1.82) is 0 Å². The Kier molecular flexibility index (Phi) is 5.79. The molecule has 1 aliphatic rings. The third-order valence-electron chi connectivity index (χ3n) is 5.55. The van der Waals surface area contributed by atoms with Gasteiger partial charge in [-0.25, -0.2) is 0 Å². The first-order valence-electron chi connectivity index (χ1n) is 9.94. The predicted octanol–water partition coefficient (Wildman–Crippen LogP) is 4.41. The van der Waals surface area contributed by atoms with E-state index in [1.165, 1.54) is 0 Å². The number of nitrogens with zero attached hydrogens (tertiary/aromatic N) is 3. The fourth-order valence-electron chi connectivity index (χ4n) is 3.99. The van der Waals surface area contributed by atoms with Crippen LogP contribution >= 0.6 is 11.6 Å². The van der Waals surface area contributed by atoms with Crippen LogP contribution in [0.4, 0.5) is 5.69 Å². The van der Waals surface area contributed by atoms with E-state index in [9.17, 15) is 4.79 Å². The van der Waals surface area contributed by atoms with Crippen LogP contribution in [0.2, 0.25) is 5.02 Å². The molecule has 0 aliphatic carbocycles. The Labute approximate surface area is 181 Å². The largest absolute Gasteiger partial charge is 0.383 e. The number of ether oxygens (including phenoxy) is 1. The van der Waals surface area contributed by atoms with Gasteiger partial charge in [0.1, 0.15) is 6.17 Å². The third-order valence-corrected chi connectivity index (χ3v) is 5.92. The van der Waals surface area contributed by atoms with Gasteiger partial charge in [-0.1, -0.05) is 41.9 Å². The Bertz CT molecular complexity index is 1080. The van der Waals surface area contributed by atoms with E-state index >= 15 is 0 Å². The van der Waals surface area contributed by atoms with Crippen molar-refractivity contribution in [3.63, 3.8) is 0 Å². The second kappa shape index (κ2) is 8.50. The zero-order chi connectivity index (χ0) is 21.3. The smallest absolute Gasteiger partial charge is 0.257 e. The van der Waals surface area contributed by atoms with Gasteiger partial charge in [0.15, 0.2) is 0 Å². The molecule has 1 aliphatic heterocycles. The van der Waals surface area contributed by atoms with Crippen LogP contribution in [0, 0.1) is 13.8 Å². The van der Waals surface area contributed by atoms with Gasteiger partial charge in [0.05, 0.1) is 24.4 Å². The van der Waals surface area contributed by atoms with Crippen LogP contribution in [0.1, 0.15) is 39.0 Å². The molecule has 0 bridgehead atoms. The van der Waals surface area contributed by atoms with Crippen molar-refractivity contribution in [2.24, 2.45) is 0 Å². The molecular weight excluding hydrogens is 400 g/mol. The van der Waals surface area contributed by atoms with Gasteiger partial charge in [-0.05, 0) is 37.6 Å². The topological polar surface area (TPSA) is 59.4 Å². The van der Waals surface area contributed by atoms with E-state index in [0.29, 0.717) is 30.3 Å². The number of carbonyl (C=O) groups excluding carboxylic acids is 1. The van der Waals surface area contributed by atoms with Crippen molar-refractivity contribution in [2.45, 2.75) is 26.6 Å². The molecular formula is C23H25ClN4O2. The van der Waals surface area contributed by atoms with Crippen molar-refractivity contribution in [2.75, 3.05) is 25.6 Å². The summed E-state index contributed by atoms with van der Waals surface area (Å²) in [6, 6.07) is 15.4. The lowest BCUT2D eigenvalue weighted by Gasteiger charge is -2.38. The quantitative estimate of drug-likeness (QED) is 0.636. The number of para-hydroxylation sites is 1. The summed E-state index contributed by atoms with van der Waals surface area (Å²) in [5, 5.41) is 9.03. The molecule has 156 valence electrons. The molecule has 3 aromatic rings. The fourth-order valence-corrected chi connectivity index (χ4v) is 4.18. The molecule has 0 radical (unpaired) electrons. The molecule has 30 heavy (non-hydrogen) atoms. The Balaban J connectivity index is 1.73. The Morgan fingerprint density at radius 2 is 1.87 bits per heavy atom. The summed E-state index contributed by atoms with van der Waals surface area (Å²) in [4.78, 5) is 15.1. The van der Waals surface area contributed by atoms with Crippen molar-refractivity contribution in [3.05, 3.63) is 81.6 Å². The number of amides is 1. The van der Waals surface area contributed by atoms with Gasteiger partial charge in [0.2, 0.25) is 0 Å². The predicted molar refractivity (Wildman–Crippen MR) is 118 cm³/mol. The lowest BCUT2D eigenvalue weighted by Crippen LogP contribution is -2.44. The van der Waals surface area contributed by atoms with Gasteiger partial charge < -0.3 is 15.0 Å². The van der Waals surface area contributed by atoms with Crippen molar-refractivity contribution >= 4 is 23.2 Å². The highest BCUT2D eigenvalue weighted by Gasteiger charge is 2.35. The van der Waals surface area contributed by atoms with Crippen molar-refractivity contribution < 1.29 is 9.53 Å². The maximum Gasteiger partial charge on any atom is 0.257 e. The molecule has 4 rings (SSSR count). The zero-order valence-corrected chi connectivity index (χ0v) is 18.1. The van der Waals surface area contributed by atoms with Crippen LogP contribution in [0.15, 0.2) is 48.5 Å². The van der Waals surface area contributed by atoms with Gasteiger partial charge in [-0.2, -0.15) is 5.10 Å². The number of carbonyl (C=O) groups is 1. The van der Waals surface area contributed by atoms with E-state index in [2.05, 4.69) is 5.32 Å². The molecule has 1 unspecified atom stereocenters. The minimum atomic E-state index is -0.317. The highest BCUT2D eigenvalue weighted by atomic mass is 35.5.